The van der Waals surface area contributed by atoms with Gasteiger partial charge >= 0.3 is 11.8 Å². The van der Waals surface area contributed by atoms with E-state index in [1.54, 1.807) is 0 Å². The molecule has 0 bridgehead atoms. The molecule has 0 saturated carbocycles. The van der Waals surface area contributed by atoms with Crippen molar-refractivity contribution in [2.45, 2.75) is 6.54 Å². The number of nitrogens with zero attached hydrogens (tertiary/aromatic N) is 3. The number of carbonyl (C=O) groups is 1. The average molecular weight is 363 g/mol. The van der Waals surface area contributed by atoms with Crippen molar-refractivity contribution in [1.29, 1.82) is 0 Å². The minimum Gasteiger partial charge on any atom is -0.395 e. The number of thiazole rings is 1. The summed E-state index contributed by atoms with van der Waals surface area (Å²) in [6.07, 6.45) is 5.26. The van der Waals surface area contributed by atoms with E-state index in [0.29, 0.717) is 6.07 Å². The van der Waals surface area contributed by atoms with Crippen LogP contribution in [0.15, 0.2) is 33.7 Å². The number of fused-ring (bicyclic) bond motifs is 1. The summed E-state index contributed by atoms with van der Waals surface area (Å²) in [4.78, 5) is 25.7. The lowest BCUT2D eigenvalue weighted by atomic mass is 10.3. The molecule has 2 aromatic heterocycles. The van der Waals surface area contributed by atoms with Gasteiger partial charge in [0, 0.05) is 6.07 Å². The fraction of sp³-hybridized carbons (Fsp3) is 0.0667. The van der Waals surface area contributed by atoms with E-state index in [4.69, 9.17) is 10.8 Å². The molecule has 3 rings (SSSR count). The van der Waals surface area contributed by atoms with Gasteiger partial charge in [0.1, 0.15) is 10.7 Å². The Labute approximate surface area is 142 Å². The molecule has 2 heterocycles. The van der Waals surface area contributed by atoms with Crippen LogP contribution in [0.5, 0.6) is 0 Å². The molecule has 3 aromatic rings. The third-order valence-corrected chi connectivity index (χ3v) is 4.15. The largest absolute Gasteiger partial charge is 0.433 e. The van der Waals surface area contributed by atoms with Gasteiger partial charge in [0.25, 0.3) is 0 Å². The second-order valence-electron chi connectivity index (χ2n) is 4.72. The van der Waals surface area contributed by atoms with Gasteiger partial charge in [-0.3, -0.25) is 14.9 Å². The van der Waals surface area contributed by atoms with Crippen molar-refractivity contribution in [3.8, 4) is 12.3 Å². The lowest BCUT2D eigenvalue weighted by Crippen LogP contribution is -2.16. The molecular weight excluding hydrogens is 356 g/mol. The third kappa shape index (κ3) is 3.05. The monoisotopic (exact) mass is 363 g/mol. The molecule has 1 amide bonds. The number of terminal acetylenes is 1. The molecule has 0 aliphatic rings. The number of hydrogen-bond acceptors (Lipinski definition) is 5. The van der Waals surface area contributed by atoms with Gasteiger partial charge in [0.15, 0.2) is 10.6 Å². The molecule has 0 atom stereocenters. The van der Waals surface area contributed by atoms with E-state index >= 15 is 0 Å². The van der Waals surface area contributed by atoms with E-state index in [1.165, 1.54) is 4.57 Å². The Morgan fingerprint density at radius 1 is 1.44 bits per heavy atom. The van der Waals surface area contributed by atoms with Gasteiger partial charge in [-0.2, -0.15) is 4.99 Å². The van der Waals surface area contributed by atoms with Crippen molar-refractivity contribution in [3.05, 3.63) is 56.6 Å². The Bertz CT molecular complexity index is 1120. The lowest BCUT2D eigenvalue weighted by Gasteiger charge is -2.00. The number of rotatable bonds is 3. The first-order valence-corrected chi connectivity index (χ1v) is 7.47. The number of furan rings is 1. The van der Waals surface area contributed by atoms with E-state index in [1.807, 2.05) is 0 Å². The molecule has 0 N–H and O–H groups in total. The number of nitro groups is 1. The van der Waals surface area contributed by atoms with Crippen LogP contribution in [-0.4, -0.2) is 15.4 Å². The fourth-order valence-electron chi connectivity index (χ4n) is 2.14. The van der Waals surface area contributed by atoms with E-state index in [0.717, 1.165) is 29.5 Å². The molecule has 0 radical (unpaired) electrons. The van der Waals surface area contributed by atoms with E-state index < -0.39 is 28.3 Å². The predicted molar refractivity (Wildman–Crippen MR) is 83.8 cm³/mol. The highest BCUT2D eigenvalue weighted by molar-refractivity contribution is 7.16. The normalized spacial score (nSPS) is 11.6. The fourth-order valence-corrected chi connectivity index (χ4v) is 3.20. The molecule has 0 unspecified atom stereocenters. The van der Waals surface area contributed by atoms with E-state index in [2.05, 4.69) is 10.9 Å². The smallest absolute Gasteiger partial charge is 0.395 e. The summed E-state index contributed by atoms with van der Waals surface area (Å²) in [7, 11) is 0. The minimum absolute atomic E-state index is 0.0151. The first-order valence-electron chi connectivity index (χ1n) is 6.66. The molecule has 25 heavy (non-hydrogen) atoms. The quantitative estimate of drug-likeness (QED) is 0.406. The van der Waals surface area contributed by atoms with Crippen molar-refractivity contribution < 1.29 is 22.9 Å². The summed E-state index contributed by atoms with van der Waals surface area (Å²) in [6, 6.07) is 3.90. The van der Waals surface area contributed by atoms with Crippen molar-refractivity contribution in [2.24, 2.45) is 4.99 Å². The van der Waals surface area contributed by atoms with Crippen LogP contribution >= 0.6 is 11.3 Å². The lowest BCUT2D eigenvalue weighted by molar-refractivity contribution is -0.402. The van der Waals surface area contributed by atoms with E-state index in [9.17, 15) is 23.7 Å². The summed E-state index contributed by atoms with van der Waals surface area (Å²) >= 11 is 0.853. The SMILES string of the molecule is C#CCn1c(=NC(=O)c2ccc([N+](=O)[O-])o2)sc2cc(F)cc(F)c21. The van der Waals surface area contributed by atoms with Gasteiger partial charge in [-0.05, 0) is 12.1 Å². The number of aromatic nitrogens is 1. The summed E-state index contributed by atoms with van der Waals surface area (Å²) in [5, 5.41) is 10.6. The number of halogens is 2. The van der Waals surface area contributed by atoms with Crippen LogP contribution < -0.4 is 4.80 Å². The molecule has 0 spiro atoms. The Morgan fingerprint density at radius 2 is 2.20 bits per heavy atom. The van der Waals surface area contributed by atoms with Crippen LogP contribution in [0, 0.1) is 34.1 Å². The van der Waals surface area contributed by atoms with Gasteiger partial charge in [-0.1, -0.05) is 17.3 Å². The van der Waals surface area contributed by atoms with Crippen molar-refractivity contribution >= 4 is 33.3 Å². The molecule has 1 aromatic carbocycles. The van der Waals surface area contributed by atoms with Crippen LogP contribution in [0.1, 0.15) is 10.6 Å². The highest BCUT2D eigenvalue weighted by atomic mass is 32.1. The van der Waals surface area contributed by atoms with Crippen molar-refractivity contribution in [3.63, 3.8) is 0 Å². The molecular formula is C15H7F2N3O4S. The maximum Gasteiger partial charge on any atom is 0.433 e. The molecule has 0 aliphatic carbocycles. The Morgan fingerprint density at radius 3 is 2.84 bits per heavy atom. The van der Waals surface area contributed by atoms with Crippen LogP contribution in [-0.2, 0) is 6.54 Å². The van der Waals surface area contributed by atoms with Crippen LogP contribution in [0.4, 0.5) is 14.7 Å². The second kappa shape index (κ2) is 6.29. The first-order chi connectivity index (χ1) is 11.9. The standard InChI is InChI=1S/C15H7F2N3O4S/c1-2-5-19-13-9(17)6-8(16)7-11(13)25-15(19)18-14(21)10-3-4-12(24-10)20(22)23/h1,3-4,6-7H,5H2. The van der Waals surface area contributed by atoms with Gasteiger partial charge < -0.3 is 8.98 Å². The van der Waals surface area contributed by atoms with Gasteiger partial charge in [0.2, 0.25) is 5.76 Å². The zero-order valence-corrected chi connectivity index (χ0v) is 13.0. The molecule has 10 heteroatoms. The maximum atomic E-state index is 14.1. The highest BCUT2D eigenvalue weighted by Crippen LogP contribution is 2.22. The van der Waals surface area contributed by atoms with Crippen LogP contribution in [0.25, 0.3) is 10.2 Å². The maximum absolute atomic E-state index is 14.1. The van der Waals surface area contributed by atoms with Crippen LogP contribution in [0.3, 0.4) is 0 Å². The Hall–Kier alpha value is -3.32. The highest BCUT2D eigenvalue weighted by Gasteiger charge is 2.18. The summed E-state index contributed by atoms with van der Waals surface area (Å²) < 4.78 is 33.7. The Balaban J connectivity index is 2.16. The zero-order valence-electron chi connectivity index (χ0n) is 12.2. The average Bonchev–Trinajstić information content (AvgIpc) is 3.13. The molecule has 0 saturated heterocycles. The minimum atomic E-state index is -0.911. The number of hydrogen-bond donors (Lipinski definition) is 0. The number of benzene rings is 1. The summed E-state index contributed by atoms with van der Waals surface area (Å²) in [5.41, 5.74) is 0.0151. The molecule has 7 nitrogen and oxygen atoms in total. The predicted octanol–water partition coefficient (Wildman–Crippen LogP) is 2.86. The molecule has 0 fully saturated rings. The molecule has 0 aliphatic heterocycles. The van der Waals surface area contributed by atoms with E-state index in [-0.39, 0.29) is 27.3 Å². The zero-order chi connectivity index (χ0) is 18.1. The number of carbonyl (C=O) groups excluding carboxylic acids is 1. The van der Waals surface area contributed by atoms with Gasteiger partial charge in [-0.25, -0.2) is 8.78 Å². The third-order valence-electron chi connectivity index (χ3n) is 3.12. The molecule has 126 valence electrons. The number of amides is 1. The summed E-state index contributed by atoms with van der Waals surface area (Å²) in [5.74, 6) is -1.20. The topological polar surface area (TPSA) is 90.6 Å². The first kappa shape index (κ1) is 16.5. The second-order valence-corrected chi connectivity index (χ2v) is 5.73. The Kier molecular flexibility index (Phi) is 4.16. The van der Waals surface area contributed by atoms with Crippen molar-refractivity contribution in [1.82, 2.24) is 4.57 Å². The van der Waals surface area contributed by atoms with Crippen molar-refractivity contribution in [2.75, 3.05) is 0 Å². The summed E-state index contributed by atoms with van der Waals surface area (Å²) in [6.45, 7) is -0.104. The van der Waals surface area contributed by atoms with Crippen LogP contribution in [0.2, 0.25) is 0 Å². The van der Waals surface area contributed by atoms with Gasteiger partial charge in [-0.15, -0.1) is 6.42 Å². The van der Waals surface area contributed by atoms with Gasteiger partial charge in [0.05, 0.1) is 22.8 Å².